The summed E-state index contributed by atoms with van der Waals surface area (Å²) in [5.74, 6) is -1.58. The molecule has 1 aliphatic heterocycles. The minimum absolute atomic E-state index is 0.00195. The number of benzene rings is 1. The van der Waals surface area contributed by atoms with Gasteiger partial charge in [-0.05, 0) is 37.6 Å². The lowest BCUT2D eigenvalue weighted by Gasteiger charge is -2.26. The molecular weight excluding hydrogens is 514 g/mol. The molecule has 0 atom stereocenters. The van der Waals surface area contributed by atoms with Crippen molar-refractivity contribution >= 4 is 35.0 Å². The molecule has 5 N–H and O–H groups in total. The van der Waals surface area contributed by atoms with Crippen molar-refractivity contribution in [2.24, 2.45) is 10.7 Å². The number of nitrogens with zero attached hydrogens (tertiary/aromatic N) is 3. The Morgan fingerprint density at radius 2 is 2.08 bits per heavy atom. The number of halogens is 3. The minimum atomic E-state index is -0.963. The van der Waals surface area contributed by atoms with Crippen LogP contribution in [0.15, 0.2) is 94.7 Å². The smallest absolute Gasteiger partial charge is 0.158 e. The quantitative estimate of drug-likeness (QED) is 0.0781. The van der Waals surface area contributed by atoms with E-state index in [4.69, 9.17) is 27.5 Å². The highest BCUT2D eigenvalue weighted by atomic mass is 35.5. The Balaban J connectivity index is 2.55. The predicted octanol–water partition coefficient (Wildman–Crippen LogP) is 6.54. The predicted molar refractivity (Wildman–Crippen MR) is 149 cm³/mol. The first-order valence-electron chi connectivity index (χ1n) is 11.5. The molecule has 0 bridgehead atoms. The molecule has 8 nitrogen and oxygen atoms in total. The average Bonchev–Trinajstić information content (AvgIpc) is 2.91. The number of methoxy groups -OCH3 is 1. The van der Waals surface area contributed by atoms with Crippen molar-refractivity contribution in [2.45, 2.75) is 26.7 Å². The molecular formula is C27H31ClF2N6O2. The SMILES string of the molecule is C=CN1C=C(c2c(F)ccc(NN(O)/C(=C/C(Cl)=C\C)C(=C)OC)c2F)C=C/C1=C(/CCC)C(N)=NC=N. The zero-order valence-corrected chi connectivity index (χ0v) is 22.2. The highest BCUT2D eigenvalue weighted by molar-refractivity contribution is 6.31. The van der Waals surface area contributed by atoms with Crippen LogP contribution in [-0.4, -0.2) is 34.6 Å². The third kappa shape index (κ3) is 6.99. The van der Waals surface area contributed by atoms with Gasteiger partial charge in [0, 0.05) is 28.6 Å². The van der Waals surface area contributed by atoms with Gasteiger partial charge in [0.15, 0.2) is 5.82 Å². The second-order valence-electron chi connectivity index (χ2n) is 7.80. The van der Waals surface area contributed by atoms with Crippen LogP contribution in [0, 0.1) is 17.0 Å². The number of hydrazine groups is 1. The summed E-state index contributed by atoms with van der Waals surface area (Å²) in [5, 5.41) is 18.6. The van der Waals surface area contributed by atoms with E-state index >= 15 is 4.39 Å². The van der Waals surface area contributed by atoms with Crippen LogP contribution < -0.4 is 11.2 Å². The number of rotatable bonds is 12. The van der Waals surface area contributed by atoms with Gasteiger partial charge >= 0.3 is 0 Å². The van der Waals surface area contributed by atoms with E-state index in [1.807, 2.05) is 6.92 Å². The Labute approximate surface area is 226 Å². The van der Waals surface area contributed by atoms with Gasteiger partial charge in [-0.25, -0.2) is 13.8 Å². The summed E-state index contributed by atoms with van der Waals surface area (Å²) in [4.78, 5) is 5.44. The number of allylic oxidation sites excluding steroid dienone is 6. The van der Waals surface area contributed by atoms with Gasteiger partial charge in [-0.3, -0.25) is 16.0 Å². The van der Waals surface area contributed by atoms with Crippen molar-refractivity contribution in [1.29, 1.82) is 5.41 Å². The summed E-state index contributed by atoms with van der Waals surface area (Å²) in [6.07, 6.45) is 11.2. The molecule has 1 aromatic rings. The van der Waals surface area contributed by atoms with Gasteiger partial charge in [0.05, 0.1) is 24.1 Å². The summed E-state index contributed by atoms with van der Waals surface area (Å²) in [5.41, 5.74) is 9.41. The number of ether oxygens (including phenoxy) is 1. The summed E-state index contributed by atoms with van der Waals surface area (Å²) in [7, 11) is 1.34. The molecule has 1 aromatic carbocycles. The molecule has 202 valence electrons. The maximum Gasteiger partial charge on any atom is 0.158 e. The fraction of sp³-hybridized carbons (Fsp3) is 0.185. The molecule has 0 amide bonds. The molecule has 1 heterocycles. The maximum absolute atomic E-state index is 15.6. The Morgan fingerprint density at radius 3 is 2.66 bits per heavy atom. The Kier molecular flexibility index (Phi) is 11.1. The molecule has 11 heteroatoms. The summed E-state index contributed by atoms with van der Waals surface area (Å²) in [6.45, 7) is 11.1. The van der Waals surface area contributed by atoms with Gasteiger partial charge < -0.3 is 15.4 Å². The third-order valence-electron chi connectivity index (χ3n) is 5.41. The van der Waals surface area contributed by atoms with Crippen LogP contribution in [0.4, 0.5) is 14.5 Å². The van der Waals surface area contributed by atoms with Crippen LogP contribution >= 0.6 is 11.6 Å². The van der Waals surface area contributed by atoms with Crippen molar-refractivity contribution in [3.8, 4) is 0 Å². The molecule has 0 radical (unpaired) electrons. The summed E-state index contributed by atoms with van der Waals surface area (Å²) >= 11 is 6.05. The Bertz CT molecular complexity index is 1280. The second kappa shape index (κ2) is 14.0. The van der Waals surface area contributed by atoms with Crippen LogP contribution in [0.2, 0.25) is 0 Å². The van der Waals surface area contributed by atoms with Crippen LogP contribution in [0.1, 0.15) is 32.3 Å². The number of hydrogen-bond donors (Lipinski definition) is 4. The molecule has 0 fully saturated rings. The lowest BCUT2D eigenvalue weighted by atomic mass is 9.98. The molecule has 0 aliphatic carbocycles. The van der Waals surface area contributed by atoms with E-state index in [0.717, 1.165) is 24.9 Å². The Hall–Kier alpha value is -4.15. The van der Waals surface area contributed by atoms with Crippen molar-refractivity contribution in [2.75, 3.05) is 12.5 Å². The highest BCUT2D eigenvalue weighted by Crippen LogP contribution is 2.33. The van der Waals surface area contributed by atoms with Gasteiger partial charge in [0.2, 0.25) is 0 Å². The largest absolute Gasteiger partial charge is 0.495 e. The van der Waals surface area contributed by atoms with Gasteiger partial charge in [-0.2, -0.15) is 5.17 Å². The first-order valence-corrected chi connectivity index (χ1v) is 11.9. The van der Waals surface area contributed by atoms with Gasteiger partial charge in [-0.1, -0.05) is 50.3 Å². The minimum Gasteiger partial charge on any atom is -0.495 e. The maximum atomic E-state index is 15.6. The monoisotopic (exact) mass is 544 g/mol. The Morgan fingerprint density at radius 1 is 1.37 bits per heavy atom. The first-order chi connectivity index (χ1) is 18.1. The number of hydroxylamine groups is 1. The van der Waals surface area contributed by atoms with Crippen molar-refractivity contribution in [1.82, 2.24) is 10.1 Å². The number of anilines is 1. The lowest BCUT2D eigenvalue weighted by Crippen LogP contribution is -2.27. The molecule has 0 spiro atoms. The number of hydrogen-bond acceptors (Lipinski definition) is 6. The van der Waals surface area contributed by atoms with Gasteiger partial charge in [0.25, 0.3) is 0 Å². The number of amidine groups is 1. The van der Waals surface area contributed by atoms with E-state index in [0.29, 0.717) is 22.9 Å². The summed E-state index contributed by atoms with van der Waals surface area (Å²) < 4.78 is 35.7. The highest BCUT2D eigenvalue weighted by Gasteiger charge is 2.23. The third-order valence-corrected chi connectivity index (χ3v) is 5.74. The van der Waals surface area contributed by atoms with E-state index in [9.17, 15) is 9.60 Å². The molecule has 0 saturated carbocycles. The molecule has 0 unspecified atom stereocenters. The van der Waals surface area contributed by atoms with E-state index in [1.165, 1.54) is 31.7 Å². The normalized spacial score (nSPS) is 15.6. The first kappa shape index (κ1) is 30.1. The van der Waals surface area contributed by atoms with Crippen LogP contribution in [0.5, 0.6) is 0 Å². The standard InChI is InChI=1S/C27H31ClF2N6O2/c1-6-9-20(27(32)33-16-31)23-13-10-18(15-35(23)8-3)25-21(29)11-12-22(26(25)30)34-36(37)24(17(4)38-5)14-19(28)7-2/h7-8,10-16,34,37H,3-4,6,9H2,1-2,5H3,(H3,31,32,33)/b19-7+,23-20+,24-14+. The zero-order chi connectivity index (χ0) is 28.4. The van der Waals surface area contributed by atoms with E-state index < -0.39 is 11.6 Å². The van der Waals surface area contributed by atoms with Crippen molar-refractivity contribution in [3.63, 3.8) is 0 Å². The zero-order valence-electron chi connectivity index (χ0n) is 21.4. The second-order valence-corrected chi connectivity index (χ2v) is 8.24. The summed E-state index contributed by atoms with van der Waals surface area (Å²) in [6, 6.07) is 2.21. The van der Waals surface area contributed by atoms with E-state index in [-0.39, 0.29) is 39.1 Å². The number of nitrogens with one attached hydrogen (secondary N) is 2. The molecule has 38 heavy (non-hydrogen) atoms. The van der Waals surface area contributed by atoms with Crippen LogP contribution in [-0.2, 0) is 4.74 Å². The number of nitrogens with two attached hydrogens (primary N) is 1. The van der Waals surface area contributed by atoms with Crippen molar-refractivity contribution in [3.05, 3.63) is 107 Å². The van der Waals surface area contributed by atoms with Gasteiger partial charge in [-0.15, -0.1) is 0 Å². The van der Waals surface area contributed by atoms with Crippen molar-refractivity contribution < 1.29 is 18.7 Å². The average molecular weight is 545 g/mol. The van der Waals surface area contributed by atoms with E-state index in [2.05, 4.69) is 23.6 Å². The molecule has 0 aromatic heterocycles. The molecule has 1 aliphatic rings. The van der Waals surface area contributed by atoms with Crippen LogP contribution in [0.25, 0.3) is 5.57 Å². The molecule has 2 rings (SSSR count). The lowest BCUT2D eigenvalue weighted by molar-refractivity contribution is -0.0329. The topological polar surface area (TPSA) is 110 Å². The molecule has 0 saturated heterocycles. The van der Waals surface area contributed by atoms with Gasteiger partial charge in [0.1, 0.15) is 29.4 Å². The van der Waals surface area contributed by atoms with Crippen LogP contribution in [0.3, 0.4) is 0 Å². The fourth-order valence-electron chi connectivity index (χ4n) is 3.51. The fourth-order valence-corrected chi connectivity index (χ4v) is 3.62. The number of aliphatic imine (C=N–C) groups is 1. The van der Waals surface area contributed by atoms with E-state index in [1.54, 1.807) is 24.0 Å².